The molecule has 1 N–H and O–H groups in total. The molecule has 2 aliphatic carbocycles. The molecule has 2 heterocycles. The molecule has 2 saturated carbocycles. The molecular weight excluding hydrogens is 391 g/mol. The molecular formula is C25H23FN4O. The topological polar surface area (TPSA) is 78.7 Å². The number of rotatable bonds is 4. The first-order valence-electron chi connectivity index (χ1n) is 10.8. The van der Waals surface area contributed by atoms with E-state index in [4.69, 9.17) is 5.26 Å². The predicted octanol–water partition coefficient (Wildman–Crippen LogP) is 5.19. The van der Waals surface area contributed by atoms with Gasteiger partial charge in [0.05, 0.1) is 17.4 Å². The van der Waals surface area contributed by atoms with Gasteiger partial charge >= 0.3 is 0 Å². The largest absolute Gasteiger partial charge is 0.325 e. The lowest BCUT2D eigenvalue weighted by Crippen LogP contribution is -2.16. The smallest absolute Gasteiger partial charge is 0.224 e. The molecule has 4 atom stereocenters. The molecule has 5 nitrogen and oxygen atoms in total. The van der Waals surface area contributed by atoms with E-state index in [9.17, 15) is 9.18 Å². The second kappa shape index (κ2) is 8.07. The fourth-order valence-corrected chi connectivity index (χ4v) is 5.67. The van der Waals surface area contributed by atoms with Crippen LogP contribution in [0.25, 0.3) is 10.9 Å². The van der Waals surface area contributed by atoms with Crippen LogP contribution in [0.5, 0.6) is 0 Å². The summed E-state index contributed by atoms with van der Waals surface area (Å²) < 4.78 is 13.8. The number of pyridine rings is 2. The Morgan fingerprint density at radius 3 is 2.61 bits per heavy atom. The Morgan fingerprint density at radius 2 is 1.90 bits per heavy atom. The quantitative estimate of drug-likeness (QED) is 0.637. The van der Waals surface area contributed by atoms with Crippen LogP contribution in [0.1, 0.15) is 49.3 Å². The highest BCUT2D eigenvalue weighted by atomic mass is 19.1. The number of nitrogens with one attached hydrogen (secondary N) is 1. The molecule has 0 spiro atoms. The lowest BCUT2D eigenvalue weighted by molar-refractivity contribution is -0.117. The molecule has 1 unspecified atom stereocenters. The standard InChI is InChI=1S/C25H23FN4O/c26-19-1-4-24-23(12-19)22(5-6-28-24)18-10-16-7-15(8-17(16)11-18)9-25(31)30-21-3-2-20(13-27)29-14-21/h1-6,12,14-18H,7-11H2,(H,30,31)/t15-,16+,17?,18+/m1/s1. The second-order valence-electron chi connectivity index (χ2n) is 8.88. The van der Waals surface area contributed by atoms with E-state index in [1.807, 2.05) is 18.3 Å². The number of hydrogen-bond donors (Lipinski definition) is 1. The van der Waals surface area contributed by atoms with Gasteiger partial charge in [-0.05, 0) is 91.3 Å². The van der Waals surface area contributed by atoms with Crippen molar-refractivity contribution in [1.29, 1.82) is 5.26 Å². The number of halogens is 1. The van der Waals surface area contributed by atoms with E-state index in [0.29, 0.717) is 41.5 Å². The lowest BCUT2D eigenvalue weighted by atomic mass is 9.89. The van der Waals surface area contributed by atoms with Gasteiger partial charge in [0, 0.05) is 18.0 Å². The number of nitriles is 1. The summed E-state index contributed by atoms with van der Waals surface area (Å²) in [6, 6.07) is 12.2. The molecule has 3 aromatic rings. The van der Waals surface area contributed by atoms with E-state index in [-0.39, 0.29) is 11.7 Å². The van der Waals surface area contributed by atoms with Gasteiger partial charge in [0.25, 0.3) is 0 Å². The van der Waals surface area contributed by atoms with Crippen molar-refractivity contribution in [3.05, 3.63) is 65.9 Å². The fourth-order valence-electron chi connectivity index (χ4n) is 5.67. The molecule has 156 valence electrons. The minimum atomic E-state index is -0.219. The molecule has 2 fully saturated rings. The number of anilines is 1. The highest BCUT2D eigenvalue weighted by Crippen LogP contribution is 2.53. The zero-order chi connectivity index (χ0) is 21.4. The number of amides is 1. The first kappa shape index (κ1) is 19.6. The predicted molar refractivity (Wildman–Crippen MR) is 116 cm³/mol. The number of carbonyl (C=O) groups is 1. The van der Waals surface area contributed by atoms with Gasteiger partial charge in [-0.25, -0.2) is 9.37 Å². The minimum absolute atomic E-state index is 0.00336. The van der Waals surface area contributed by atoms with E-state index in [0.717, 1.165) is 36.6 Å². The summed E-state index contributed by atoms with van der Waals surface area (Å²) in [7, 11) is 0. The van der Waals surface area contributed by atoms with Crippen LogP contribution >= 0.6 is 0 Å². The van der Waals surface area contributed by atoms with Crippen molar-refractivity contribution in [2.45, 2.75) is 38.0 Å². The van der Waals surface area contributed by atoms with Crippen LogP contribution in [0, 0.1) is 34.9 Å². The van der Waals surface area contributed by atoms with Gasteiger partial charge in [-0.3, -0.25) is 9.78 Å². The van der Waals surface area contributed by atoms with Gasteiger partial charge in [-0.1, -0.05) is 0 Å². The van der Waals surface area contributed by atoms with Crippen LogP contribution in [0.4, 0.5) is 10.1 Å². The summed E-state index contributed by atoms with van der Waals surface area (Å²) in [5.74, 6) is 1.86. The van der Waals surface area contributed by atoms with Crippen molar-refractivity contribution in [3.8, 4) is 6.07 Å². The van der Waals surface area contributed by atoms with Crippen LogP contribution in [-0.2, 0) is 4.79 Å². The molecule has 1 amide bonds. The van der Waals surface area contributed by atoms with E-state index in [2.05, 4.69) is 15.3 Å². The number of fused-ring (bicyclic) bond motifs is 2. The Morgan fingerprint density at radius 1 is 1.10 bits per heavy atom. The Bertz CT molecular complexity index is 1160. The number of aromatic nitrogens is 2. The third kappa shape index (κ3) is 4.00. The Labute approximate surface area is 180 Å². The molecule has 5 rings (SSSR count). The molecule has 1 aromatic carbocycles. The molecule has 2 aliphatic rings. The van der Waals surface area contributed by atoms with Gasteiger partial charge in [0.15, 0.2) is 0 Å². The summed E-state index contributed by atoms with van der Waals surface area (Å²) in [5, 5.41) is 12.6. The zero-order valence-corrected chi connectivity index (χ0v) is 17.1. The zero-order valence-electron chi connectivity index (χ0n) is 17.1. The molecule has 0 radical (unpaired) electrons. The van der Waals surface area contributed by atoms with Crippen molar-refractivity contribution in [2.75, 3.05) is 5.32 Å². The van der Waals surface area contributed by atoms with Crippen molar-refractivity contribution in [2.24, 2.45) is 17.8 Å². The normalized spacial score (nSPS) is 24.6. The highest BCUT2D eigenvalue weighted by Gasteiger charge is 2.42. The number of carbonyl (C=O) groups excluding carboxylic acids is 1. The highest BCUT2D eigenvalue weighted by molar-refractivity contribution is 5.90. The maximum absolute atomic E-state index is 13.8. The first-order chi connectivity index (χ1) is 15.1. The van der Waals surface area contributed by atoms with E-state index in [1.54, 1.807) is 24.3 Å². The number of nitrogens with zero attached hydrogens (tertiary/aromatic N) is 3. The maximum Gasteiger partial charge on any atom is 0.224 e. The van der Waals surface area contributed by atoms with Gasteiger partial charge in [0.2, 0.25) is 5.91 Å². The molecule has 31 heavy (non-hydrogen) atoms. The van der Waals surface area contributed by atoms with Crippen LogP contribution in [0.2, 0.25) is 0 Å². The van der Waals surface area contributed by atoms with E-state index >= 15 is 0 Å². The monoisotopic (exact) mass is 414 g/mol. The SMILES string of the molecule is N#Cc1ccc(NC(=O)C[C@H]2CC3C[C@@H](c4ccnc5ccc(F)cc45)C[C@@H]3C2)cn1. The first-order valence-corrected chi connectivity index (χ1v) is 10.8. The molecule has 0 aliphatic heterocycles. The Hall–Kier alpha value is -3.33. The Kier molecular flexibility index (Phi) is 5.11. The summed E-state index contributed by atoms with van der Waals surface area (Å²) in [4.78, 5) is 20.8. The number of benzene rings is 1. The molecule has 2 aromatic heterocycles. The van der Waals surface area contributed by atoms with Crippen molar-refractivity contribution < 1.29 is 9.18 Å². The summed E-state index contributed by atoms with van der Waals surface area (Å²) in [6.07, 6.45) is 8.19. The van der Waals surface area contributed by atoms with Crippen LogP contribution in [0.3, 0.4) is 0 Å². The summed E-state index contributed by atoms with van der Waals surface area (Å²) in [5.41, 5.74) is 3.02. The fraction of sp³-hybridized carbons (Fsp3) is 0.360. The third-order valence-corrected chi connectivity index (χ3v) is 6.93. The maximum atomic E-state index is 13.8. The lowest BCUT2D eigenvalue weighted by Gasteiger charge is -2.17. The van der Waals surface area contributed by atoms with Crippen LogP contribution in [0.15, 0.2) is 48.8 Å². The average molecular weight is 414 g/mol. The molecule has 0 bridgehead atoms. The number of hydrogen-bond acceptors (Lipinski definition) is 4. The second-order valence-corrected chi connectivity index (χ2v) is 8.88. The minimum Gasteiger partial charge on any atom is -0.325 e. The van der Waals surface area contributed by atoms with Gasteiger partial charge in [-0.15, -0.1) is 0 Å². The van der Waals surface area contributed by atoms with E-state index in [1.165, 1.54) is 17.8 Å². The van der Waals surface area contributed by atoms with Gasteiger partial charge in [-0.2, -0.15) is 5.26 Å². The molecule has 0 saturated heterocycles. The van der Waals surface area contributed by atoms with Crippen LogP contribution in [-0.4, -0.2) is 15.9 Å². The average Bonchev–Trinajstić information content (AvgIpc) is 3.32. The van der Waals surface area contributed by atoms with Crippen molar-refractivity contribution in [1.82, 2.24) is 9.97 Å². The van der Waals surface area contributed by atoms with Crippen molar-refractivity contribution in [3.63, 3.8) is 0 Å². The van der Waals surface area contributed by atoms with Crippen molar-refractivity contribution >= 4 is 22.5 Å². The van der Waals surface area contributed by atoms with E-state index < -0.39 is 0 Å². The van der Waals surface area contributed by atoms with Crippen LogP contribution < -0.4 is 5.32 Å². The van der Waals surface area contributed by atoms with Gasteiger partial charge in [0.1, 0.15) is 17.6 Å². The Balaban J connectivity index is 1.20. The van der Waals surface area contributed by atoms with Gasteiger partial charge < -0.3 is 5.32 Å². The summed E-state index contributed by atoms with van der Waals surface area (Å²) in [6.45, 7) is 0. The molecule has 6 heteroatoms. The third-order valence-electron chi connectivity index (χ3n) is 6.93. The summed E-state index contributed by atoms with van der Waals surface area (Å²) >= 11 is 0.